The molecule has 0 saturated carbocycles. The zero-order valence-electron chi connectivity index (χ0n) is 13.5. The Labute approximate surface area is 140 Å². The second kappa shape index (κ2) is 6.03. The number of hydrogen-bond acceptors (Lipinski definition) is 4. The topological polar surface area (TPSA) is 78.4 Å². The molecule has 0 unspecified atom stereocenters. The third kappa shape index (κ3) is 2.72. The molecule has 2 aromatic rings. The molecule has 6 heteroatoms. The van der Waals surface area contributed by atoms with E-state index in [2.05, 4.69) is 15.1 Å². The second-order valence-corrected chi connectivity index (χ2v) is 6.64. The molecule has 0 radical (unpaired) electrons. The van der Waals surface area contributed by atoms with Gasteiger partial charge in [-0.3, -0.25) is 10.00 Å². The van der Waals surface area contributed by atoms with Crippen molar-refractivity contribution in [3.63, 3.8) is 0 Å². The zero-order valence-corrected chi connectivity index (χ0v) is 13.5. The van der Waals surface area contributed by atoms with Crippen molar-refractivity contribution < 1.29 is 14.6 Å². The smallest absolute Gasteiger partial charge is 0.335 e. The fourth-order valence-electron chi connectivity index (χ4n) is 3.80. The van der Waals surface area contributed by atoms with Gasteiger partial charge in [0.2, 0.25) is 0 Å². The van der Waals surface area contributed by atoms with Gasteiger partial charge in [-0.05, 0) is 42.5 Å². The van der Waals surface area contributed by atoms with Gasteiger partial charge >= 0.3 is 5.97 Å². The predicted octanol–water partition coefficient (Wildman–Crippen LogP) is 2.17. The van der Waals surface area contributed by atoms with Crippen molar-refractivity contribution in [1.82, 2.24) is 15.1 Å². The highest BCUT2D eigenvalue weighted by atomic mass is 16.5. The summed E-state index contributed by atoms with van der Waals surface area (Å²) in [6.45, 7) is 3.52. The minimum atomic E-state index is -0.883. The summed E-state index contributed by atoms with van der Waals surface area (Å²) in [5.74, 6) is -0.883. The van der Waals surface area contributed by atoms with Gasteiger partial charge in [0.15, 0.2) is 0 Å². The molecule has 2 aliphatic heterocycles. The number of likely N-dealkylation sites (tertiary alicyclic amines) is 1. The van der Waals surface area contributed by atoms with E-state index in [1.54, 1.807) is 12.1 Å². The lowest BCUT2D eigenvalue weighted by atomic mass is 9.83. The SMILES string of the molecule is O=C(O)c1ccc(CN2CCC3(CC2)OCCc2cn[nH]c23)cc1. The van der Waals surface area contributed by atoms with Crippen LogP contribution in [0.5, 0.6) is 0 Å². The average molecular weight is 327 g/mol. The lowest BCUT2D eigenvalue weighted by Crippen LogP contribution is -2.46. The summed E-state index contributed by atoms with van der Waals surface area (Å²) in [6.07, 6.45) is 4.77. The molecule has 6 nitrogen and oxygen atoms in total. The summed E-state index contributed by atoms with van der Waals surface area (Å²) in [7, 11) is 0. The normalized spacial score (nSPS) is 20.0. The summed E-state index contributed by atoms with van der Waals surface area (Å²) in [4.78, 5) is 13.3. The number of piperidine rings is 1. The van der Waals surface area contributed by atoms with Crippen LogP contribution in [0.1, 0.15) is 40.0 Å². The molecule has 1 aromatic heterocycles. The second-order valence-electron chi connectivity index (χ2n) is 6.64. The van der Waals surface area contributed by atoms with Crippen LogP contribution in [0.25, 0.3) is 0 Å². The maximum Gasteiger partial charge on any atom is 0.335 e. The summed E-state index contributed by atoms with van der Waals surface area (Å²) in [5.41, 5.74) is 3.73. The number of aromatic amines is 1. The number of carbonyl (C=O) groups is 1. The molecule has 1 spiro atoms. The lowest BCUT2D eigenvalue weighted by molar-refractivity contribution is -0.102. The molecule has 1 fully saturated rings. The number of H-pyrrole nitrogens is 1. The van der Waals surface area contributed by atoms with Gasteiger partial charge in [-0.1, -0.05) is 12.1 Å². The largest absolute Gasteiger partial charge is 0.478 e. The molecule has 2 aliphatic rings. The number of aromatic nitrogens is 2. The minimum Gasteiger partial charge on any atom is -0.478 e. The Balaban J connectivity index is 1.41. The number of benzene rings is 1. The number of rotatable bonds is 3. The average Bonchev–Trinajstić information content (AvgIpc) is 3.08. The van der Waals surface area contributed by atoms with Gasteiger partial charge in [-0.25, -0.2) is 4.79 Å². The first-order chi connectivity index (χ1) is 11.7. The first kappa shape index (κ1) is 15.4. The van der Waals surface area contributed by atoms with Crippen LogP contribution in [0.4, 0.5) is 0 Å². The maximum absolute atomic E-state index is 10.9. The molecular formula is C18H21N3O3. The molecule has 1 aromatic carbocycles. The third-order valence-electron chi connectivity index (χ3n) is 5.19. The van der Waals surface area contributed by atoms with E-state index in [0.717, 1.165) is 51.1 Å². The molecule has 24 heavy (non-hydrogen) atoms. The van der Waals surface area contributed by atoms with Crippen molar-refractivity contribution in [2.24, 2.45) is 0 Å². The zero-order chi connectivity index (χ0) is 16.6. The van der Waals surface area contributed by atoms with Crippen molar-refractivity contribution >= 4 is 5.97 Å². The van der Waals surface area contributed by atoms with E-state index in [0.29, 0.717) is 5.56 Å². The first-order valence-corrected chi connectivity index (χ1v) is 8.38. The highest BCUT2D eigenvalue weighted by molar-refractivity contribution is 5.87. The monoisotopic (exact) mass is 327 g/mol. The van der Waals surface area contributed by atoms with Gasteiger partial charge in [0.05, 0.1) is 24.1 Å². The van der Waals surface area contributed by atoms with Crippen LogP contribution in [0.15, 0.2) is 30.5 Å². The molecular weight excluding hydrogens is 306 g/mol. The summed E-state index contributed by atoms with van der Waals surface area (Å²) >= 11 is 0. The molecule has 1 saturated heterocycles. The van der Waals surface area contributed by atoms with Crippen LogP contribution >= 0.6 is 0 Å². The summed E-state index contributed by atoms with van der Waals surface area (Å²) in [5, 5.41) is 16.3. The Morgan fingerprint density at radius 3 is 2.75 bits per heavy atom. The number of fused-ring (bicyclic) bond motifs is 2. The van der Waals surface area contributed by atoms with Crippen LogP contribution in [-0.2, 0) is 23.3 Å². The summed E-state index contributed by atoms with van der Waals surface area (Å²) in [6, 6.07) is 7.14. The molecule has 4 rings (SSSR count). The van der Waals surface area contributed by atoms with Crippen LogP contribution in [0.3, 0.4) is 0 Å². The number of nitrogens with one attached hydrogen (secondary N) is 1. The summed E-state index contributed by atoms with van der Waals surface area (Å²) < 4.78 is 6.17. The number of nitrogens with zero attached hydrogens (tertiary/aromatic N) is 2. The molecule has 0 atom stereocenters. The Morgan fingerprint density at radius 1 is 1.29 bits per heavy atom. The molecule has 0 bridgehead atoms. The number of hydrogen-bond donors (Lipinski definition) is 2. The van der Waals surface area contributed by atoms with Gasteiger partial charge in [-0.2, -0.15) is 5.10 Å². The lowest BCUT2D eigenvalue weighted by Gasteiger charge is -2.43. The van der Waals surface area contributed by atoms with Crippen molar-refractivity contribution in [1.29, 1.82) is 0 Å². The van der Waals surface area contributed by atoms with Gasteiger partial charge < -0.3 is 9.84 Å². The van der Waals surface area contributed by atoms with E-state index in [1.165, 1.54) is 11.3 Å². The number of aromatic carboxylic acids is 1. The van der Waals surface area contributed by atoms with Crippen molar-refractivity contribution in [2.45, 2.75) is 31.4 Å². The quantitative estimate of drug-likeness (QED) is 0.903. The molecule has 2 N–H and O–H groups in total. The van der Waals surface area contributed by atoms with Crippen molar-refractivity contribution in [2.75, 3.05) is 19.7 Å². The van der Waals surface area contributed by atoms with E-state index in [1.807, 2.05) is 18.3 Å². The molecule has 3 heterocycles. The molecule has 0 amide bonds. The van der Waals surface area contributed by atoms with Gasteiger partial charge in [-0.15, -0.1) is 0 Å². The Bertz CT molecular complexity index is 730. The Morgan fingerprint density at radius 2 is 2.04 bits per heavy atom. The predicted molar refractivity (Wildman–Crippen MR) is 87.8 cm³/mol. The van der Waals surface area contributed by atoms with E-state index in [4.69, 9.17) is 9.84 Å². The molecule has 126 valence electrons. The van der Waals surface area contributed by atoms with E-state index in [-0.39, 0.29) is 5.60 Å². The highest BCUT2D eigenvalue weighted by Gasteiger charge is 2.42. The first-order valence-electron chi connectivity index (χ1n) is 8.38. The molecule has 0 aliphatic carbocycles. The van der Waals surface area contributed by atoms with Gasteiger partial charge in [0.25, 0.3) is 0 Å². The highest BCUT2D eigenvalue weighted by Crippen LogP contribution is 2.40. The van der Waals surface area contributed by atoms with E-state index in [9.17, 15) is 4.79 Å². The van der Waals surface area contributed by atoms with Crippen LogP contribution in [-0.4, -0.2) is 45.9 Å². The Kier molecular flexibility index (Phi) is 3.86. The van der Waals surface area contributed by atoms with E-state index >= 15 is 0 Å². The van der Waals surface area contributed by atoms with Gasteiger partial charge in [0, 0.05) is 19.6 Å². The maximum atomic E-state index is 10.9. The standard InChI is InChI=1S/C18H21N3O3/c22-17(23)14-3-1-13(2-4-14)12-21-8-6-18(7-9-21)16-15(5-10-24-18)11-19-20-16/h1-4,11H,5-10,12H2,(H,19,20)(H,22,23). The number of ether oxygens (including phenoxy) is 1. The Hall–Kier alpha value is -2.18. The van der Waals surface area contributed by atoms with E-state index < -0.39 is 5.97 Å². The van der Waals surface area contributed by atoms with Crippen molar-refractivity contribution in [3.8, 4) is 0 Å². The van der Waals surface area contributed by atoms with Gasteiger partial charge in [0.1, 0.15) is 5.60 Å². The number of carboxylic acids is 1. The van der Waals surface area contributed by atoms with Crippen LogP contribution in [0.2, 0.25) is 0 Å². The van der Waals surface area contributed by atoms with Crippen molar-refractivity contribution in [3.05, 3.63) is 52.8 Å². The van der Waals surface area contributed by atoms with Crippen LogP contribution in [0, 0.1) is 0 Å². The third-order valence-corrected chi connectivity index (χ3v) is 5.19. The fourth-order valence-corrected chi connectivity index (χ4v) is 3.80. The number of carboxylic acid groups (broad SMARTS) is 1. The van der Waals surface area contributed by atoms with Crippen LogP contribution < -0.4 is 0 Å². The minimum absolute atomic E-state index is 0.201. The fraction of sp³-hybridized carbons (Fsp3) is 0.444.